The molecule has 2 aliphatic heterocycles. The molecule has 0 saturated heterocycles. The maximum absolute atomic E-state index is 6.70. The molecule has 1 saturated carbocycles. The Morgan fingerprint density at radius 3 is 2.64 bits per heavy atom. The smallest absolute Gasteiger partial charge is 0.159 e. The average Bonchev–Trinajstić information content (AvgIpc) is 3.11. The molecule has 0 N–H and O–H groups in total. The minimum Gasteiger partial charge on any atom is -0.454 e. The van der Waals surface area contributed by atoms with Gasteiger partial charge in [0.15, 0.2) is 5.58 Å². The molecule has 2 aromatic carbocycles. The van der Waals surface area contributed by atoms with Gasteiger partial charge in [0.1, 0.15) is 11.7 Å². The fraction of sp³-hybridized carbons (Fsp3) is 0.467. The van der Waals surface area contributed by atoms with Crippen LogP contribution in [0.2, 0.25) is 0 Å². The van der Waals surface area contributed by atoms with E-state index < -0.39 is 0 Å². The first-order valence-electron chi connectivity index (χ1n) is 13.0. The van der Waals surface area contributed by atoms with Crippen LogP contribution in [0.1, 0.15) is 64.0 Å². The van der Waals surface area contributed by atoms with E-state index in [1.165, 1.54) is 53.3 Å². The minimum absolute atomic E-state index is 0.176. The number of rotatable bonds is 8. The summed E-state index contributed by atoms with van der Waals surface area (Å²) in [5.41, 5.74) is 6.39. The Balaban J connectivity index is 1.49. The Morgan fingerprint density at radius 1 is 1.03 bits per heavy atom. The Labute approximate surface area is 197 Å². The van der Waals surface area contributed by atoms with E-state index in [0.29, 0.717) is 18.0 Å². The maximum Gasteiger partial charge on any atom is 0.159 e. The molecule has 3 aromatic rings. The Bertz CT molecular complexity index is 1250. The zero-order valence-corrected chi connectivity index (χ0v) is 20.3. The molecule has 1 aromatic heterocycles. The number of furan rings is 1. The molecule has 3 aliphatic rings. The van der Waals surface area contributed by atoms with E-state index in [0.717, 1.165) is 30.6 Å². The molecule has 6 rings (SSSR count). The van der Waals surface area contributed by atoms with Crippen LogP contribution in [0.3, 0.4) is 0 Å². The first kappa shape index (κ1) is 20.9. The van der Waals surface area contributed by atoms with Crippen LogP contribution in [0.4, 0.5) is 5.69 Å². The van der Waals surface area contributed by atoms with Crippen molar-refractivity contribution in [2.45, 2.75) is 70.9 Å². The van der Waals surface area contributed by atoms with E-state index >= 15 is 0 Å². The Hall–Kier alpha value is -2.68. The van der Waals surface area contributed by atoms with Crippen LogP contribution in [0, 0.1) is 11.8 Å². The van der Waals surface area contributed by atoms with E-state index in [4.69, 9.17) is 4.42 Å². The van der Waals surface area contributed by atoms with Crippen LogP contribution in [0.25, 0.3) is 21.9 Å². The van der Waals surface area contributed by atoms with E-state index in [1.807, 2.05) is 0 Å². The number of allylic oxidation sites excluding steroid dienone is 1. The van der Waals surface area contributed by atoms with Gasteiger partial charge in [0.2, 0.25) is 0 Å². The fourth-order valence-corrected chi connectivity index (χ4v) is 7.11. The highest BCUT2D eigenvalue weighted by Crippen LogP contribution is 2.71. The van der Waals surface area contributed by atoms with Crippen LogP contribution >= 0.6 is 0 Å². The summed E-state index contributed by atoms with van der Waals surface area (Å²) in [5.74, 6) is 1.10. The fourth-order valence-electron chi connectivity index (χ4n) is 7.11. The number of aryl methyl sites for hydroxylation is 1. The van der Waals surface area contributed by atoms with Gasteiger partial charge >= 0.3 is 0 Å². The van der Waals surface area contributed by atoms with Gasteiger partial charge in [-0.05, 0) is 49.3 Å². The quantitative estimate of drug-likeness (QED) is 0.264. The largest absolute Gasteiger partial charge is 0.454 e. The molecular weight excluding hydrogens is 404 g/mol. The van der Waals surface area contributed by atoms with Gasteiger partial charge in [-0.15, -0.1) is 6.58 Å². The standard InChI is InChI=1S/C30H36N2O/c1-5-9-10-11-12-20-13-14-21-22-15-16-24-27(28(22)33-25(21)19-20)32-18-17-31(8-4)29(32)26-23(6-2)30(24,26)7-3/h6,13-19,23,26,29H,2,5,7-12H2,1,3-4H3/t23?,26-,29-,30?/m1/s1. The van der Waals surface area contributed by atoms with Crippen LogP contribution in [0.15, 0.2) is 59.8 Å². The van der Waals surface area contributed by atoms with E-state index in [2.05, 4.69) is 86.0 Å². The van der Waals surface area contributed by atoms with Gasteiger partial charge in [-0.1, -0.05) is 63.5 Å². The maximum atomic E-state index is 6.70. The van der Waals surface area contributed by atoms with Crippen molar-refractivity contribution >= 4 is 27.6 Å². The number of hydrogen-bond acceptors (Lipinski definition) is 3. The lowest BCUT2D eigenvalue weighted by Gasteiger charge is -2.40. The summed E-state index contributed by atoms with van der Waals surface area (Å²) in [4.78, 5) is 4.99. The molecule has 0 amide bonds. The lowest BCUT2D eigenvalue weighted by atomic mass is 9.83. The molecule has 4 atom stereocenters. The molecule has 0 bridgehead atoms. The molecule has 1 aliphatic carbocycles. The predicted octanol–water partition coefficient (Wildman–Crippen LogP) is 7.74. The van der Waals surface area contributed by atoms with Crippen molar-refractivity contribution in [3.05, 3.63) is 66.5 Å². The van der Waals surface area contributed by atoms with E-state index in [-0.39, 0.29) is 5.41 Å². The van der Waals surface area contributed by atoms with Crippen molar-refractivity contribution in [2.24, 2.45) is 11.8 Å². The third-order valence-corrected chi connectivity index (χ3v) is 8.79. The number of anilines is 1. The molecule has 172 valence electrons. The summed E-state index contributed by atoms with van der Waals surface area (Å²) in [7, 11) is 0. The second-order valence-corrected chi connectivity index (χ2v) is 10.2. The van der Waals surface area contributed by atoms with Gasteiger partial charge in [0, 0.05) is 41.1 Å². The first-order valence-corrected chi connectivity index (χ1v) is 13.0. The predicted molar refractivity (Wildman–Crippen MR) is 138 cm³/mol. The van der Waals surface area contributed by atoms with E-state index in [9.17, 15) is 0 Å². The van der Waals surface area contributed by atoms with Crippen molar-refractivity contribution in [3.63, 3.8) is 0 Å². The summed E-state index contributed by atoms with van der Waals surface area (Å²) >= 11 is 0. The molecule has 33 heavy (non-hydrogen) atoms. The van der Waals surface area contributed by atoms with Gasteiger partial charge < -0.3 is 14.2 Å². The number of hydrogen-bond donors (Lipinski definition) is 0. The summed E-state index contributed by atoms with van der Waals surface area (Å²) in [6.45, 7) is 12.1. The molecule has 0 spiro atoms. The zero-order valence-electron chi connectivity index (χ0n) is 20.3. The van der Waals surface area contributed by atoms with Gasteiger partial charge in [-0.25, -0.2) is 0 Å². The van der Waals surface area contributed by atoms with Crippen molar-refractivity contribution < 1.29 is 4.42 Å². The molecule has 3 nitrogen and oxygen atoms in total. The van der Waals surface area contributed by atoms with Gasteiger partial charge in [0.25, 0.3) is 0 Å². The number of fused-ring (bicyclic) bond motifs is 10. The SMILES string of the molecule is C=CC1[C@@H]2[C@@H]3N(CC)C=CN3c3c(ccc4c3oc3cc(CCCCCC)ccc34)C12CC. The summed E-state index contributed by atoms with van der Waals surface area (Å²) in [6.07, 6.45) is 14.6. The average molecular weight is 441 g/mol. The highest BCUT2D eigenvalue weighted by Gasteiger charge is 2.71. The normalized spacial score (nSPS) is 27.2. The van der Waals surface area contributed by atoms with Crippen LogP contribution in [0.5, 0.6) is 0 Å². The van der Waals surface area contributed by atoms with Crippen LogP contribution in [-0.2, 0) is 11.8 Å². The zero-order chi connectivity index (χ0) is 22.7. The molecule has 3 heterocycles. The van der Waals surface area contributed by atoms with Gasteiger partial charge in [0.05, 0.1) is 5.69 Å². The van der Waals surface area contributed by atoms with Crippen molar-refractivity contribution in [1.29, 1.82) is 0 Å². The molecule has 2 unspecified atom stereocenters. The second-order valence-electron chi connectivity index (χ2n) is 10.2. The third kappa shape index (κ3) is 2.74. The molecule has 0 radical (unpaired) electrons. The minimum atomic E-state index is 0.176. The third-order valence-electron chi connectivity index (χ3n) is 8.79. The number of unbranched alkanes of at least 4 members (excludes halogenated alkanes) is 3. The summed E-state index contributed by atoms with van der Waals surface area (Å²) < 4.78 is 6.70. The van der Waals surface area contributed by atoms with Crippen molar-refractivity contribution in [1.82, 2.24) is 4.90 Å². The lowest BCUT2D eigenvalue weighted by Crippen LogP contribution is -2.45. The Morgan fingerprint density at radius 2 is 1.88 bits per heavy atom. The molecular formula is C30H36N2O. The lowest BCUT2D eigenvalue weighted by molar-refractivity contribution is 0.259. The van der Waals surface area contributed by atoms with E-state index in [1.54, 1.807) is 0 Å². The first-order chi connectivity index (χ1) is 16.2. The Kier molecular flexibility index (Phi) is 4.87. The van der Waals surface area contributed by atoms with Crippen molar-refractivity contribution in [3.8, 4) is 0 Å². The highest BCUT2D eigenvalue weighted by atomic mass is 16.3. The van der Waals surface area contributed by atoms with Crippen LogP contribution < -0.4 is 4.90 Å². The molecule has 3 heteroatoms. The monoisotopic (exact) mass is 440 g/mol. The topological polar surface area (TPSA) is 19.6 Å². The van der Waals surface area contributed by atoms with Gasteiger partial charge in [-0.3, -0.25) is 0 Å². The summed E-state index contributed by atoms with van der Waals surface area (Å²) in [6, 6.07) is 11.6. The number of nitrogens with zero attached hydrogens (tertiary/aromatic N) is 2. The van der Waals surface area contributed by atoms with Gasteiger partial charge in [-0.2, -0.15) is 0 Å². The highest BCUT2D eigenvalue weighted by molar-refractivity contribution is 6.10. The van der Waals surface area contributed by atoms with Crippen LogP contribution in [-0.4, -0.2) is 17.6 Å². The molecule has 1 fully saturated rings. The second kappa shape index (κ2) is 7.68. The summed E-state index contributed by atoms with van der Waals surface area (Å²) in [5, 5.41) is 2.48. The van der Waals surface area contributed by atoms with Crippen molar-refractivity contribution in [2.75, 3.05) is 11.4 Å². The number of benzene rings is 2.